The van der Waals surface area contributed by atoms with Gasteiger partial charge in [0.05, 0.1) is 22.4 Å². The summed E-state index contributed by atoms with van der Waals surface area (Å²) in [5.74, 6) is -2.76. The first kappa shape index (κ1) is 36.6. The third-order valence-corrected chi connectivity index (χ3v) is 13.9. The van der Waals surface area contributed by atoms with Crippen LogP contribution in [0, 0.1) is 0 Å². The van der Waals surface area contributed by atoms with E-state index < -0.39 is 56.4 Å². The first-order chi connectivity index (χ1) is 21.0. The molecule has 8 saturated heterocycles. The number of hydrogen-bond acceptors (Lipinski definition) is 6. The van der Waals surface area contributed by atoms with Gasteiger partial charge in [-0.2, -0.15) is 41.0 Å². The zero-order valence-corrected chi connectivity index (χ0v) is 33.7. The molecule has 0 N–H and O–H groups in total. The van der Waals surface area contributed by atoms with Crippen molar-refractivity contribution < 1.29 is 45.5 Å². The van der Waals surface area contributed by atoms with Crippen molar-refractivity contribution in [3.05, 3.63) is 59.2 Å². The summed E-state index contributed by atoms with van der Waals surface area (Å²) in [7, 11) is 6.22. The molecule has 8 aliphatic rings. The number of hydrogen-bond donors (Lipinski definition) is 0. The first-order valence-corrected chi connectivity index (χ1v) is 18.8. The predicted octanol–water partition coefficient (Wildman–Crippen LogP) is 7.97. The van der Waals surface area contributed by atoms with Crippen molar-refractivity contribution in [2.75, 3.05) is 12.3 Å². The van der Waals surface area contributed by atoms with Crippen LogP contribution in [-0.4, -0.2) is 57.9 Å². The predicted molar refractivity (Wildman–Crippen MR) is 187 cm³/mol. The Morgan fingerprint density at radius 3 is 1.28 bits per heavy atom. The molecule has 10 rings (SSSR count). The summed E-state index contributed by atoms with van der Waals surface area (Å²) >= 11 is 0. The minimum atomic E-state index is -0.691. The SMILES string of the molecule is CC12CC3(C)OC(C)(CC(C)(O1)C3(CP)c1cc(C(C)(C)C)[cH-]c1C1(CP)C3(C)CC4(C)OC(C)(CC1(C)O4)O3)O2.[Fe+2].c1cc[cH-]c1. The molecule has 0 aliphatic carbocycles. The fourth-order valence-corrected chi connectivity index (χ4v) is 14.2. The van der Waals surface area contributed by atoms with Gasteiger partial charge >= 0.3 is 17.1 Å². The molecule has 47 heavy (non-hydrogen) atoms. The average Bonchev–Trinajstić information content (AvgIpc) is 3.53. The van der Waals surface area contributed by atoms with E-state index in [0.29, 0.717) is 25.7 Å². The first-order valence-electron chi connectivity index (χ1n) is 17.1. The van der Waals surface area contributed by atoms with E-state index in [-0.39, 0.29) is 22.5 Å². The molecule has 0 saturated carbocycles. The fraction of sp³-hybridized carbons (Fsp3) is 0.737. The van der Waals surface area contributed by atoms with E-state index in [9.17, 15) is 0 Å². The van der Waals surface area contributed by atoms with E-state index in [0.717, 1.165) is 12.3 Å². The van der Waals surface area contributed by atoms with Crippen molar-refractivity contribution in [3.8, 4) is 0 Å². The molecular weight excluding hydrogens is 670 g/mol. The molecule has 10 atom stereocenters. The molecule has 0 aromatic heterocycles. The van der Waals surface area contributed by atoms with Crippen molar-refractivity contribution in [1.29, 1.82) is 0 Å². The van der Waals surface area contributed by atoms with Crippen molar-refractivity contribution in [3.63, 3.8) is 0 Å². The number of ether oxygens (including phenoxy) is 6. The summed E-state index contributed by atoms with van der Waals surface area (Å²) < 4.78 is 41.3. The molecule has 9 heteroatoms. The maximum Gasteiger partial charge on any atom is 2.00 e. The van der Waals surface area contributed by atoms with E-state index in [1.807, 2.05) is 30.3 Å². The van der Waals surface area contributed by atoms with Crippen molar-refractivity contribution in [2.24, 2.45) is 0 Å². The van der Waals surface area contributed by atoms with Crippen LogP contribution in [0.25, 0.3) is 0 Å². The Bertz CT molecular complexity index is 1330. The number of rotatable bonds is 4. The van der Waals surface area contributed by atoms with Crippen LogP contribution < -0.4 is 0 Å². The molecule has 8 fully saturated rings. The Balaban J connectivity index is 0.000000591. The molecule has 6 nitrogen and oxygen atoms in total. The third-order valence-electron chi connectivity index (χ3n) is 12.7. The van der Waals surface area contributed by atoms with E-state index >= 15 is 0 Å². The molecule has 262 valence electrons. The Morgan fingerprint density at radius 1 is 0.617 bits per heavy atom. The average molecular weight is 727 g/mol. The molecule has 10 unspecified atom stereocenters. The molecule has 8 aliphatic heterocycles. The summed E-state index contributed by atoms with van der Waals surface area (Å²) in [5.41, 5.74) is 0.930. The van der Waals surface area contributed by atoms with Crippen LogP contribution in [0.15, 0.2) is 42.5 Å². The summed E-state index contributed by atoms with van der Waals surface area (Å²) in [4.78, 5) is 0. The Kier molecular flexibility index (Phi) is 8.16. The normalized spacial score (nSPS) is 50.7. The van der Waals surface area contributed by atoms with Gasteiger partial charge in [-0.1, -0.05) is 20.8 Å². The van der Waals surface area contributed by atoms with Gasteiger partial charge in [-0.25, -0.2) is 18.2 Å². The second kappa shape index (κ2) is 10.5. The van der Waals surface area contributed by atoms with Gasteiger partial charge in [0.25, 0.3) is 0 Å². The minimum absolute atomic E-state index is 0. The van der Waals surface area contributed by atoms with E-state index in [2.05, 4.69) is 107 Å². The Morgan fingerprint density at radius 2 is 0.979 bits per heavy atom. The van der Waals surface area contributed by atoms with Crippen LogP contribution in [0.5, 0.6) is 0 Å². The molecular formula is C38H56FeO6P2. The molecule has 0 amide bonds. The van der Waals surface area contributed by atoms with Crippen molar-refractivity contribution >= 4 is 18.5 Å². The van der Waals surface area contributed by atoms with Gasteiger partial charge in [-0.15, -0.1) is 18.5 Å². The summed E-state index contributed by atoms with van der Waals surface area (Å²) in [5, 5.41) is 0. The topological polar surface area (TPSA) is 55.4 Å². The van der Waals surface area contributed by atoms with Gasteiger partial charge in [-0.3, -0.25) is 0 Å². The van der Waals surface area contributed by atoms with Crippen LogP contribution in [0.3, 0.4) is 0 Å². The van der Waals surface area contributed by atoms with E-state index in [1.54, 1.807) is 0 Å². The van der Waals surface area contributed by atoms with Crippen molar-refractivity contribution in [1.82, 2.24) is 0 Å². The molecule has 0 spiro atoms. The summed E-state index contributed by atoms with van der Waals surface area (Å²) in [6.07, 6.45) is 4.24. The van der Waals surface area contributed by atoms with Gasteiger partial charge in [0.1, 0.15) is 0 Å². The maximum absolute atomic E-state index is 7.09. The van der Waals surface area contributed by atoms with Gasteiger partial charge in [-0.05, 0) is 73.1 Å². The zero-order valence-electron chi connectivity index (χ0n) is 30.2. The Hall–Kier alpha value is -0.161. The van der Waals surface area contributed by atoms with Gasteiger partial charge in [0.15, 0.2) is 23.1 Å². The molecule has 8 heterocycles. The monoisotopic (exact) mass is 726 g/mol. The fourth-order valence-electron chi connectivity index (χ4n) is 12.0. The van der Waals surface area contributed by atoms with Crippen LogP contribution in [0.2, 0.25) is 0 Å². The smallest absolute Gasteiger partial charge is 0.344 e. The summed E-state index contributed by atoms with van der Waals surface area (Å²) in [6, 6.07) is 15.0. The van der Waals surface area contributed by atoms with Gasteiger partial charge in [0, 0.05) is 36.5 Å². The third kappa shape index (κ3) is 4.70. The van der Waals surface area contributed by atoms with E-state index in [1.165, 1.54) is 16.7 Å². The Labute approximate surface area is 298 Å². The standard InChI is InChI=1S/C33H51O6P2.C5H5.Fe/c1-23(2,3)20-12-21(32(18-40)24(4)14-28(8)35-25(32,5)15-29(9,34-24)38-28)22(13-20)33(19-41)26(6)16-30(10)37-27(33,7)17-31(11,36-26)39-30;1-2-4-5-3-1;/h12-13H,14-19,40-41H2,1-11H3;1-5H;/q2*-1;+2. The second-order valence-electron chi connectivity index (χ2n) is 17.8. The maximum atomic E-state index is 7.09. The largest absolute Gasteiger partial charge is 2.00 e. The van der Waals surface area contributed by atoms with Gasteiger partial charge < -0.3 is 28.4 Å². The summed E-state index contributed by atoms with van der Waals surface area (Å²) in [6.45, 7) is 24.5. The van der Waals surface area contributed by atoms with Crippen LogP contribution >= 0.6 is 18.5 Å². The van der Waals surface area contributed by atoms with Gasteiger partial charge in [0.2, 0.25) is 0 Å². The second-order valence-corrected chi connectivity index (χ2v) is 18.6. The molecule has 8 bridgehead atoms. The van der Waals surface area contributed by atoms with Crippen LogP contribution in [0.4, 0.5) is 0 Å². The van der Waals surface area contributed by atoms with E-state index in [4.69, 9.17) is 28.4 Å². The molecule has 0 radical (unpaired) electrons. The zero-order chi connectivity index (χ0) is 33.7. The minimum Gasteiger partial charge on any atom is -0.344 e. The van der Waals surface area contributed by atoms with Crippen LogP contribution in [-0.2, 0) is 61.7 Å². The molecule has 2 aromatic carbocycles. The molecule has 2 aromatic rings. The van der Waals surface area contributed by atoms with Crippen molar-refractivity contribution in [2.45, 2.75) is 164 Å². The van der Waals surface area contributed by atoms with Crippen LogP contribution in [0.1, 0.15) is 119 Å². The quantitative estimate of drug-likeness (QED) is 0.181.